The molecule has 0 fully saturated rings. The van der Waals surface area contributed by atoms with Gasteiger partial charge in [-0.3, -0.25) is 14.4 Å². The molecule has 188 valence electrons. The molecule has 6 nitrogen and oxygen atoms in total. The molecule has 33 heavy (non-hydrogen) atoms. The minimum absolute atomic E-state index is 0.381. The van der Waals surface area contributed by atoms with E-state index in [4.69, 9.17) is 4.74 Å². The quantitative estimate of drug-likeness (QED) is 0.289. The molecule has 0 saturated carbocycles. The van der Waals surface area contributed by atoms with Gasteiger partial charge in [0.2, 0.25) is 0 Å². The van der Waals surface area contributed by atoms with E-state index in [1.165, 1.54) is 26.8 Å². The Kier molecular flexibility index (Phi) is 12.0. The Morgan fingerprint density at radius 3 is 2.06 bits per heavy atom. The monoisotopic (exact) mass is 476 g/mol. The zero-order valence-corrected chi connectivity index (χ0v) is 19.8. The lowest BCUT2D eigenvalue weighted by Gasteiger charge is -2.33. The smallest absolute Gasteiger partial charge is 0.412 e. The number of alkyl halides is 3. The van der Waals surface area contributed by atoms with Crippen molar-refractivity contribution in [2.45, 2.75) is 78.4 Å². The van der Waals surface area contributed by atoms with Gasteiger partial charge in [0.15, 0.2) is 11.9 Å². The molecular formula is C24H35F3O6. The molecule has 0 aliphatic rings. The third-order valence-corrected chi connectivity index (χ3v) is 5.70. The van der Waals surface area contributed by atoms with Crippen molar-refractivity contribution in [3.63, 3.8) is 0 Å². The number of carbonyl (C=O) groups is 3. The molecule has 2 unspecified atom stereocenters. The molecule has 0 heterocycles. The van der Waals surface area contributed by atoms with E-state index in [2.05, 4.69) is 13.2 Å². The van der Waals surface area contributed by atoms with Crippen LogP contribution in [0.25, 0.3) is 0 Å². The molecule has 0 saturated heterocycles. The Labute approximate surface area is 193 Å². The normalized spacial score (nSPS) is 17.3. The van der Waals surface area contributed by atoms with Crippen molar-refractivity contribution in [1.82, 2.24) is 0 Å². The second-order valence-electron chi connectivity index (χ2n) is 8.72. The number of Topliss-reactive ketones (excluding diaryl/α,β-unsaturated/α-hetero) is 2. The molecular weight excluding hydrogens is 441 g/mol. The maximum atomic E-state index is 13.0. The minimum atomic E-state index is -4.62. The number of esters is 1. The molecule has 0 aliphatic heterocycles. The van der Waals surface area contributed by atoms with Gasteiger partial charge in [-0.05, 0) is 13.3 Å². The first-order valence-electron chi connectivity index (χ1n) is 10.6. The summed E-state index contributed by atoms with van der Waals surface area (Å²) in [4.78, 5) is 36.9. The standard InChI is InChI=1S/C24H35F3O6/c1-8-10-17(24(25,26)27)11-12-18(16(5)28)33-20(30)13-19(29)23(6,7)22(32)15(4)21(31)14(3)9-2/h8-9,11,14-15,18-19,21,29,31H,1-2,10,12-13H2,3-7H3/b17-11+/t14?,15-,18?,19+,21+/m1/s1. The van der Waals surface area contributed by atoms with Gasteiger partial charge in [-0.1, -0.05) is 45.9 Å². The predicted molar refractivity (Wildman–Crippen MR) is 118 cm³/mol. The first-order chi connectivity index (χ1) is 15.0. The Bertz CT molecular complexity index is 754. The molecule has 0 bridgehead atoms. The van der Waals surface area contributed by atoms with E-state index in [0.29, 0.717) is 0 Å². The highest BCUT2D eigenvalue weighted by atomic mass is 19.4. The highest BCUT2D eigenvalue weighted by Crippen LogP contribution is 2.32. The average Bonchev–Trinajstić information content (AvgIpc) is 2.71. The SMILES string of the molecule is C=CC/C(=C\CC(OC(=O)C[C@H](O)C(C)(C)C(=O)[C@H](C)[C@@H](O)C(C)C=C)C(C)=O)C(F)(F)F. The predicted octanol–water partition coefficient (Wildman–Crippen LogP) is 4.11. The molecule has 0 spiro atoms. The lowest BCUT2D eigenvalue weighted by Crippen LogP contribution is -2.45. The number of ether oxygens (including phenoxy) is 1. The van der Waals surface area contributed by atoms with E-state index in [1.807, 2.05) is 0 Å². The van der Waals surface area contributed by atoms with Crippen molar-refractivity contribution in [2.24, 2.45) is 17.3 Å². The second-order valence-corrected chi connectivity index (χ2v) is 8.72. The van der Waals surface area contributed by atoms with Crippen LogP contribution in [0.2, 0.25) is 0 Å². The highest BCUT2D eigenvalue weighted by Gasteiger charge is 2.42. The number of halogens is 3. The summed E-state index contributed by atoms with van der Waals surface area (Å²) in [6.07, 6.45) is -6.94. The number of hydrogen-bond acceptors (Lipinski definition) is 6. The van der Waals surface area contributed by atoms with Crippen LogP contribution in [0.4, 0.5) is 13.2 Å². The summed E-state index contributed by atoms with van der Waals surface area (Å²) in [5.74, 6) is -3.44. The number of rotatable bonds is 14. The van der Waals surface area contributed by atoms with Gasteiger partial charge in [0.1, 0.15) is 5.78 Å². The van der Waals surface area contributed by atoms with E-state index in [-0.39, 0.29) is 5.92 Å². The van der Waals surface area contributed by atoms with Crippen LogP contribution in [-0.4, -0.2) is 52.2 Å². The summed E-state index contributed by atoms with van der Waals surface area (Å²) < 4.78 is 44.0. The molecule has 0 aromatic heterocycles. The summed E-state index contributed by atoms with van der Waals surface area (Å²) in [6.45, 7) is 13.9. The second kappa shape index (κ2) is 12.8. The van der Waals surface area contributed by atoms with Gasteiger partial charge in [-0.2, -0.15) is 13.2 Å². The van der Waals surface area contributed by atoms with E-state index in [9.17, 15) is 37.8 Å². The summed E-state index contributed by atoms with van der Waals surface area (Å²) in [6, 6.07) is 0. The molecule has 5 atom stereocenters. The van der Waals surface area contributed by atoms with Crippen molar-refractivity contribution in [2.75, 3.05) is 0 Å². The van der Waals surface area contributed by atoms with Crippen LogP contribution < -0.4 is 0 Å². The van der Waals surface area contributed by atoms with Crippen molar-refractivity contribution in [3.8, 4) is 0 Å². The zero-order chi connectivity index (χ0) is 26.1. The maximum Gasteiger partial charge on any atom is 0.412 e. The summed E-state index contributed by atoms with van der Waals surface area (Å²) >= 11 is 0. The number of aliphatic hydroxyl groups excluding tert-OH is 2. The van der Waals surface area contributed by atoms with Crippen LogP contribution in [0, 0.1) is 17.3 Å². The van der Waals surface area contributed by atoms with Crippen LogP contribution >= 0.6 is 0 Å². The van der Waals surface area contributed by atoms with Crippen molar-refractivity contribution >= 4 is 17.5 Å². The van der Waals surface area contributed by atoms with Gasteiger partial charge in [-0.25, -0.2) is 0 Å². The number of ketones is 2. The van der Waals surface area contributed by atoms with Crippen LogP contribution in [-0.2, 0) is 19.1 Å². The lowest BCUT2D eigenvalue weighted by molar-refractivity contribution is -0.159. The Hall–Kier alpha value is -2.26. The molecule has 0 aromatic carbocycles. The van der Waals surface area contributed by atoms with Gasteiger partial charge in [0.05, 0.1) is 24.0 Å². The fraction of sp³-hybridized carbons (Fsp3) is 0.625. The Morgan fingerprint density at radius 2 is 1.64 bits per heavy atom. The largest absolute Gasteiger partial charge is 0.454 e. The fourth-order valence-electron chi connectivity index (χ4n) is 3.14. The molecule has 0 rings (SSSR count). The van der Waals surface area contributed by atoms with Crippen LogP contribution in [0.15, 0.2) is 37.0 Å². The third kappa shape index (κ3) is 9.25. The van der Waals surface area contributed by atoms with E-state index in [0.717, 1.165) is 19.1 Å². The Balaban J connectivity index is 5.33. The number of aliphatic hydroxyl groups is 2. The number of allylic oxidation sites excluding steroid dienone is 2. The first-order valence-corrected chi connectivity index (χ1v) is 10.6. The van der Waals surface area contributed by atoms with E-state index < -0.39 is 78.2 Å². The minimum Gasteiger partial charge on any atom is -0.454 e. The number of carbonyl (C=O) groups excluding carboxylic acids is 3. The first kappa shape index (κ1) is 30.7. The van der Waals surface area contributed by atoms with Gasteiger partial charge in [0, 0.05) is 23.8 Å². The van der Waals surface area contributed by atoms with Gasteiger partial charge in [0.25, 0.3) is 0 Å². The van der Waals surface area contributed by atoms with E-state index >= 15 is 0 Å². The zero-order valence-electron chi connectivity index (χ0n) is 19.8. The summed E-state index contributed by atoms with van der Waals surface area (Å²) in [5.41, 5.74) is -2.37. The van der Waals surface area contributed by atoms with Crippen LogP contribution in [0.1, 0.15) is 53.9 Å². The third-order valence-electron chi connectivity index (χ3n) is 5.70. The fourth-order valence-corrected chi connectivity index (χ4v) is 3.14. The van der Waals surface area contributed by atoms with Crippen LogP contribution in [0.5, 0.6) is 0 Å². The van der Waals surface area contributed by atoms with Crippen molar-refractivity contribution < 1.29 is 42.5 Å². The summed E-state index contributed by atoms with van der Waals surface area (Å²) in [7, 11) is 0. The molecule has 0 amide bonds. The highest BCUT2D eigenvalue weighted by molar-refractivity contribution is 5.88. The van der Waals surface area contributed by atoms with Gasteiger partial charge >= 0.3 is 12.1 Å². The molecule has 0 aliphatic carbocycles. The van der Waals surface area contributed by atoms with Gasteiger partial charge in [-0.15, -0.1) is 13.2 Å². The Morgan fingerprint density at radius 1 is 1.09 bits per heavy atom. The van der Waals surface area contributed by atoms with Crippen LogP contribution in [0.3, 0.4) is 0 Å². The lowest BCUT2D eigenvalue weighted by atomic mass is 9.73. The molecule has 0 radical (unpaired) electrons. The maximum absolute atomic E-state index is 13.0. The topological polar surface area (TPSA) is 101 Å². The average molecular weight is 477 g/mol. The molecule has 2 N–H and O–H groups in total. The van der Waals surface area contributed by atoms with Gasteiger partial charge < -0.3 is 14.9 Å². The van der Waals surface area contributed by atoms with Crippen molar-refractivity contribution in [3.05, 3.63) is 37.0 Å². The molecule has 9 heteroatoms. The molecule has 0 aromatic rings. The summed E-state index contributed by atoms with van der Waals surface area (Å²) in [5, 5.41) is 20.8. The van der Waals surface area contributed by atoms with E-state index in [1.54, 1.807) is 6.92 Å². The number of hydrogen-bond donors (Lipinski definition) is 2. The van der Waals surface area contributed by atoms with Crippen molar-refractivity contribution in [1.29, 1.82) is 0 Å².